The number of anilines is 3. The summed E-state index contributed by atoms with van der Waals surface area (Å²) in [6, 6.07) is 5.38. The van der Waals surface area contributed by atoms with E-state index in [1.54, 1.807) is 31.3 Å². The topological polar surface area (TPSA) is 149 Å². The number of carbonyl (C=O) groups is 2. The number of amides is 2. The predicted octanol–water partition coefficient (Wildman–Crippen LogP) is 1.68. The Kier molecular flexibility index (Phi) is 5.30. The zero-order chi connectivity index (χ0) is 20.3. The van der Waals surface area contributed by atoms with Crippen LogP contribution in [0.25, 0.3) is 11.0 Å². The molecule has 0 saturated heterocycles. The SMILES string of the molecule is CC[C@@H](Nc1nc(Nc2cnc3cccnc3c2)c(C(N)=O)cc1F)C(N)=O. The van der Waals surface area contributed by atoms with Gasteiger partial charge in [-0.15, -0.1) is 0 Å². The van der Waals surface area contributed by atoms with E-state index in [0.29, 0.717) is 23.1 Å². The van der Waals surface area contributed by atoms with Gasteiger partial charge in [0.1, 0.15) is 11.9 Å². The van der Waals surface area contributed by atoms with Crippen LogP contribution in [0, 0.1) is 5.82 Å². The summed E-state index contributed by atoms with van der Waals surface area (Å²) in [6.07, 6.45) is 3.47. The van der Waals surface area contributed by atoms with Crippen molar-refractivity contribution in [1.29, 1.82) is 0 Å². The van der Waals surface area contributed by atoms with Gasteiger partial charge >= 0.3 is 0 Å². The summed E-state index contributed by atoms with van der Waals surface area (Å²) in [4.78, 5) is 35.7. The number of hydrogen-bond donors (Lipinski definition) is 4. The molecule has 3 aromatic heterocycles. The Morgan fingerprint density at radius 1 is 1.18 bits per heavy atom. The van der Waals surface area contributed by atoms with E-state index >= 15 is 0 Å². The summed E-state index contributed by atoms with van der Waals surface area (Å²) in [5, 5.41) is 5.53. The number of fused-ring (bicyclic) bond motifs is 1. The van der Waals surface area contributed by atoms with E-state index in [9.17, 15) is 14.0 Å². The molecule has 0 saturated carbocycles. The monoisotopic (exact) mass is 383 g/mol. The molecular formula is C18H18FN7O2. The van der Waals surface area contributed by atoms with Crippen LogP contribution in [0.3, 0.4) is 0 Å². The van der Waals surface area contributed by atoms with Gasteiger partial charge in [-0.3, -0.25) is 19.6 Å². The van der Waals surface area contributed by atoms with Crippen LogP contribution >= 0.6 is 0 Å². The number of nitrogens with one attached hydrogen (secondary N) is 2. The summed E-state index contributed by atoms with van der Waals surface area (Å²) in [5.41, 5.74) is 12.2. The van der Waals surface area contributed by atoms with Gasteiger partial charge in [0.2, 0.25) is 5.91 Å². The van der Waals surface area contributed by atoms with Crippen molar-refractivity contribution in [3.63, 3.8) is 0 Å². The molecule has 3 heterocycles. The average molecular weight is 383 g/mol. The van der Waals surface area contributed by atoms with Crippen molar-refractivity contribution in [3.05, 3.63) is 48.0 Å². The third kappa shape index (κ3) is 3.95. The highest BCUT2D eigenvalue weighted by Gasteiger charge is 2.20. The van der Waals surface area contributed by atoms with E-state index < -0.39 is 23.7 Å². The number of hydrogen-bond acceptors (Lipinski definition) is 7. The van der Waals surface area contributed by atoms with Gasteiger partial charge < -0.3 is 22.1 Å². The largest absolute Gasteiger partial charge is 0.368 e. The number of rotatable bonds is 7. The lowest BCUT2D eigenvalue weighted by molar-refractivity contribution is -0.118. The number of carbonyl (C=O) groups excluding carboxylic acids is 2. The minimum Gasteiger partial charge on any atom is -0.368 e. The summed E-state index contributed by atoms with van der Waals surface area (Å²) in [7, 11) is 0. The molecule has 3 rings (SSSR count). The maximum absolute atomic E-state index is 14.4. The van der Waals surface area contributed by atoms with Crippen molar-refractivity contribution in [2.45, 2.75) is 19.4 Å². The molecule has 0 radical (unpaired) electrons. The molecule has 0 fully saturated rings. The fourth-order valence-corrected chi connectivity index (χ4v) is 2.57. The van der Waals surface area contributed by atoms with Crippen molar-refractivity contribution in [2.75, 3.05) is 10.6 Å². The van der Waals surface area contributed by atoms with Crippen molar-refractivity contribution in [1.82, 2.24) is 15.0 Å². The van der Waals surface area contributed by atoms with Crippen LogP contribution in [0.15, 0.2) is 36.7 Å². The van der Waals surface area contributed by atoms with Gasteiger partial charge in [0.05, 0.1) is 28.5 Å². The van der Waals surface area contributed by atoms with Crippen LogP contribution in [0.1, 0.15) is 23.7 Å². The number of pyridine rings is 3. The maximum atomic E-state index is 14.4. The predicted molar refractivity (Wildman–Crippen MR) is 102 cm³/mol. The first-order valence-electron chi connectivity index (χ1n) is 8.43. The molecule has 10 heteroatoms. The van der Waals surface area contributed by atoms with Gasteiger partial charge in [-0.25, -0.2) is 9.37 Å². The minimum atomic E-state index is -0.866. The number of primary amides is 2. The molecule has 1 atom stereocenters. The second-order valence-electron chi connectivity index (χ2n) is 5.98. The van der Waals surface area contributed by atoms with Crippen molar-refractivity contribution in [2.24, 2.45) is 11.5 Å². The quantitative estimate of drug-likeness (QED) is 0.485. The molecule has 9 nitrogen and oxygen atoms in total. The van der Waals surface area contributed by atoms with Gasteiger partial charge in [0.15, 0.2) is 11.6 Å². The van der Waals surface area contributed by atoms with E-state index in [4.69, 9.17) is 11.5 Å². The summed E-state index contributed by atoms with van der Waals surface area (Å²) >= 11 is 0. The average Bonchev–Trinajstić information content (AvgIpc) is 2.67. The molecule has 0 aliphatic rings. The summed E-state index contributed by atoms with van der Waals surface area (Å²) < 4.78 is 14.4. The molecule has 2 amide bonds. The molecule has 0 aliphatic carbocycles. The molecule has 3 aromatic rings. The number of nitrogens with two attached hydrogens (primary N) is 2. The molecule has 144 valence electrons. The fourth-order valence-electron chi connectivity index (χ4n) is 2.57. The zero-order valence-electron chi connectivity index (χ0n) is 14.9. The molecular weight excluding hydrogens is 365 g/mol. The van der Waals surface area contributed by atoms with Gasteiger partial charge in [0, 0.05) is 6.20 Å². The van der Waals surface area contributed by atoms with Crippen molar-refractivity contribution in [3.8, 4) is 0 Å². The van der Waals surface area contributed by atoms with E-state index in [2.05, 4.69) is 25.6 Å². The Bertz CT molecular complexity index is 1060. The second kappa shape index (κ2) is 7.82. The van der Waals surface area contributed by atoms with Gasteiger partial charge in [-0.2, -0.15) is 0 Å². The Morgan fingerprint density at radius 3 is 2.64 bits per heavy atom. The van der Waals surface area contributed by atoms with Crippen LogP contribution in [0.4, 0.5) is 21.7 Å². The Hall–Kier alpha value is -3.82. The number of halogens is 1. The fraction of sp³-hybridized carbons (Fsp3) is 0.167. The highest BCUT2D eigenvalue weighted by molar-refractivity contribution is 5.99. The second-order valence-corrected chi connectivity index (χ2v) is 5.98. The minimum absolute atomic E-state index is 0.00723. The third-order valence-corrected chi connectivity index (χ3v) is 4.02. The highest BCUT2D eigenvalue weighted by atomic mass is 19.1. The molecule has 0 unspecified atom stereocenters. The van der Waals surface area contributed by atoms with Gasteiger partial charge in [-0.05, 0) is 30.7 Å². The van der Waals surface area contributed by atoms with Crippen LogP contribution in [0.5, 0.6) is 0 Å². The van der Waals surface area contributed by atoms with Crippen LogP contribution in [0.2, 0.25) is 0 Å². The summed E-state index contributed by atoms with van der Waals surface area (Å²) in [6.45, 7) is 1.71. The Labute approximate surface area is 159 Å². The van der Waals surface area contributed by atoms with E-state index in [1.807, 2.05) is 0 Å². The standard InChI is InChI=1S/C18H18FN7O2/c1-2-12(16(21)28)25-18-11(19)7-10(15(20)27)17(26-18)24-9-6-14-13(23-8-9)4-3-5-22-14/h3-8,12H,2H2,1H3,(H2,20,27)(H2,21,28)(H2,24,25,26)/t12-/m1/s1. The van der Waals surface area contributed by atoms with E-state index in [-0.39, 0.29) is 17.2 Å². The molecule has 0 aliphatic heterocycles. The Balaban J connectivity index is 2.00. The smallest absolute Gasteiger partial charge is 0.252 e. The molecule has 28 heavy (non-hydrogen) atoms. The first-order valence-corrected chi connectivity index (χ1v) is 8.43. The summed E-state index contributed by atoms with van der Waals surface area (Å²) in [5.74, 6) is -2.58. The molecule has 0 bridgehead atoms. The van der Waals surface area contributed by atoms with Crippen LogP contribution < -0.4 is 22.1 Å². The Morgan fingerprint density at radius 2 is 1.96 bits per heavy atom. The molecule has 0 spiro atoms. The number of nitrogens with zero attached hydrogens (tertiary/aromatic N) is 3. The highest BCUT2D eigenvalue weighted by Crippen LogP contribution is 2.25. The lowest BCUT2D eigenvalue weighted by Gasteiger charge is -2.17. The zero-order valence-corrected chi connectivity index (χ0v) is 14.9. The third-order valence-electron chi connectivity index (χ3n) is 4.02. The first-order chi connectivity index (χ1) is 13.4. The normalized spacial score (nSPS) is 11.8. The maximum Gasteiger partial charge on any atom is 0.252 e. The lowest BCUT2D eigenvalue weighted by atomic mass is 10.2. The van der Waals surface area contributed by atoms with E-state index in [0.717, 1.165) is 6.07 Å². The molecule has 6 N–H and O–H groups in total. The number of aromatic nitrogens is 3. The first kappa shape index (κ1) is 19.0. The van der Waals surface area contributed by atoms with Gasteiger partial charge in [-0.1, -0.05) is 6.92 Å². The van der Waals surface area contributed by atoms with Crippen LogP contribution in [-0.2, 0) is 4.79 Å². The van der Waals surface area contributed by atoms with Gasteiger partial charge in [0.25, 0.3) is 5.91 Å². The molecule has 0 aromatic carbocycles. The lowest BCUT2D eigenvalue weighted by Crippen LogP contribution is -2.35. The van der Waals surface area contributed by atoms with Crippen molar-refractivity contribution >= 4 is 40.2 Å². The van der Waals surface area contributed by atoms with Crippen LogP contribution in [-0.4, -0.2) is 32.8 Å². The van der Waals surface area contributed by atoms with E-state index in [1.165, 1.54) is 6.20 Å². The van der Waals surface area contributed by atoms with Crippen molar-refractivity contribution < 1.29 is 14.0 Å².